The van der Waals surface area contributed by atoms with E-state index in [1.807, 2.05) is 6.08 Å². The van der Waals surface area contributed by atoms with E-state index >= 15 is 0 Å². The van der Waals surface area contributed by atoms with Crippen molar-refractivity contribution in [3.8, 4) is 0 Å². The minimum Gasteiger partial charge on any atom is -0.512 e. The normalized spacial score (nSPS) is 66.5. The van der Waals surface area contributed by atoms with Crippen LogP contribution in [0.2, 0.25) is 0 Å². The van der Waals surface area contributed by atoms with E-state index in [-0.39, 0.29) is 22.9 Å². The number of hydrogen-bond acceptors (Lipinski definition) is 3. The molecule has 6 bridgehead atoms. The maximum Gasteiger partial charge on any atom is 0.110 e. The first-order valence-corrected chi connectivity index (χ1v) is 10.5. The minimum atomic E-state index is -0.929. The average Bonchev–Trinajstić information content (AvgIpc) is 3.22. The van der Waals surface area contributed by atoms with Gasteiger partial charge >= 0.3 is 0 Å². The summed E-state index contributed by atoms with van der Waals surface area (Å²) in [5.41, 5.74) is -0.577. The van der Waals surface area contributed by atoms with Crippen LogP contribution >= 0.6 is 0 Å². The number of rotatable bonds is 1. The highest BCUT2D eigenvalue weighted by molar-refractivity contribution is 5.41. The first-order chi connectivity index (χ1) is 11.8. The molecule has 1 spiro atoms. The summed E-state index contributed by atoms with van der Waals surface area (Å²) in [7, 11) is 1.69. The molecule has 6 aliphatic carbocycles. The fourth-order valence-electron chi connectivity index (χ4n) is 10.3. The third-order valence-corrected chi connectivity index (χ3v) is 11.1. The van der Waals surface area contributed by atoms with E-state index in [0.717, 1.165) is 18.3 Å². The van der Waals surface area contributed by atoms with Gasteiger partial charge in [0.05, 0.1) is 11.7 Å². The molecule has 2 N–H and O–H groups in total. The van der Waals surface area contributed by atoms with E-state index in [1.54, 1.807) is 7.11 Å². The van der Waals surface area contributed by atoms with Crippen molar-refractivity contribution in [3.05, 3.63) is 11.8 Å². The van der Waals surface area contributed by atoms with Crippen molar-refractivity contribution in [1.82, 2.24) is 0 Å². The lowest BCUT2D eigenvalue weighted by atomic mass is 9.42. The fraction of sp³-hybridized carbons (Fsp3) is 0.909. The van der Waals surface area contributed by atoms with Gasteiger partial charge in [0, 0.05) is 12.5 Å². The van der Waals surface area contributed by atoms with Crippen LogP contribution < -0.4 is 0 Å². The van der Waals surface area contributed by atoms with Crippen molar-refractivity contribution in [1.29, 1.82) is 0 Å². The van der Waals surface area contributed by atoms with Gasteiger partial charge in [0.2, 0.25) is 0 Å². The number of methoxy groups -OCH3 is 1. The van der Waals surface area contributed by atoms with Gasteiger partial charge in [-0.25, -0.2) is 0 Å². The van der Waals surface area contributed by atoms with Crippen LogP contribution in [0.15, 0.2) is 11.8 Å². The summed E-state index contributed by atoms with van der Waals surface area (Å²) in [5.74, 6) is 3.07. The third kappa shape index (κ3) is 1.21. The summed E-state index contributed by atoms with van der Waals surface area (Å²) in [5, 5.41) is 23.0. The highest BCUT2D eigenvalue weighted by Crippen LogP contribution is 2.88. The van der Waals surface area contributed by atoms with E-state index in [4.69, 9.17) is 4.74 Å². The molecule has 5 fully saturated rings. The Morgan fingerprint density at radius 2 is 1.96 bits per heavy atom. The molecule has 6 aliphatic rings. The molecule has 0 heterocycles. The molecule has 0 amide bonds. The number of hydrogen-bond donors (Lipinski definition) is 2. The molecule has 3 nitrogen and oxygen atoms in total. The van der Waals surface area contributed by atoms with Gasteiger partial charge in [0.15, 0.2) is 0 Å². The Balaban J connectivity index is 1.63. The van der Waals surface area contributed by atoms with Crippen LogP contribution in [0.25, 0.3) is 0 Å². The van der Waals surface area contributed by atoms with Gasteiger partial charge in [0.1, 0.15) is 11.7 Å². The second-order valence-electron chi connectivity index (χ2n) is 10.8. The topological polar surface area (TPSA) is 49.7 Å². The van der Waals surface area contributed by atoms with E-state index in [1.165, 1.54) is 38.5 Å². The first-order valence-electron chi connectivity index (χ1n) is 10.5. The van der Waals surface area contributed by atoms with E-state index < -0.39 is 5.60 Å². The second-order valence-corrected chi connectivity index (χ2v) is 10.8. The van der Waals surface area contributed by atoms with Gasteiger partial charge in [-0.05, 0) is 79.1 Å². The van der Waals surface area contributed by atoms with Crippen LogP contribution in [-0.4, -0.2) is 29.0 Å². The standard InChI is InChI=1S/C22H32O3/c1-19-11-14-12-6-7-13-5-4-8-21(13,10-12)20(19,2)17(14)18-15(23)9-16(25-3)22(18,19)24/h9,12-14,16-18,23-24H,4-8,10-11H2,1-3H3/t12-,13-,14-,16-,17+,18-,19+,20+,21-,22-/m1/s1. The van der Waals surface area contributed by atoms with Gasteiger partial charge in [-0.1, -0.05) is 20.3 Å². The zero-order chi connectivity index (χ0) is 17.4. The summed E-state index contributed by atoms with van der Waals surface area (Å²) in [4.78, 5) is 0. The van der Waals surface area contributed by atoms with Crippen LogP contribution in [0.4, 0.5) is 0 Å². The molecule has 25 heavy (non-hydrogen) atoms. The van der Waals surface area contributed by atoms with E-state index in [2.05, 4.69) is 13.8 Å². The zero-order valence-corrected chi connectivity index (χ0v) is 15.8. The quantitative estimate of drug-likeness (QED) is 0.754. The molecular formula is C22H32O3. The Kier molecular flexibility index (Phi) is 2.57. The predicted octanol–water partition coefficient (Wildman–Crippen LogP) is 4.07. The van der Waals surface area contributed by atoms with Gasteiger partial charge < -0.3 is 14.9 Å². The van der Waals surface area contributed by atoms with Crippen molar-refractivity contribution in [2.24, 2.45) is 45.8 Å². The summed E-state index contributed by atoms with van der Waals surface area (Å²) in [6.45, 7) is 4.89. The summed E-state index contributed by atoms with van der Waals surface area (Å²) < 4.78 is 5.74. The molecule has 0 radical (unpaired) electrons. The molecule has 0 unspecified atom stereocenters. The number of ether oxygens (including phenoxy) is 1. The summed E-state index contributed by atoms with van der Waals surface area (Å²) >= 11 is 0. The lowest BCUT2D eigenvalue weighted by Gasteiger charge is -2.62. The Morgan fingerprint density at radius 3 is 2.72 bits per heavy atom. The Labute approximate surface area is 150 Å². The van der Waals surface area contributed by atoms with E-state index in [0.29, 0.717) is 23.0 Å². The summed E-state index contributed by atoms with van der Waals surface area (Å²) in [6.07, 6.45) is 10.8. The lowest BCUT2D eigenvalue weighted by Crippen LogP contribution is -2.60. The molecule has 6 rings (SSSR count). The van der Waals surface area contributed by atoms with E-state index in [9.17, 15) is 10.2 Å². The van der Waals surface area contributed by atoms with Crippen molar-refractivity contribution in [2.45, 2.75) is 70.5 Å². The number of aliphatic hydroxyl groups is 2. The van der Waals surface area contributed by atoms with Gasteiger partial charge in [-0.3, -0.25) is 0 Å². The number of fused-ring (bicyclic) bond motifs is 4. The predicted molar refractivity (Wildman–Crippen MR) is 94.9 cm³/mol. The van der Waals surface area contributed by atoms with Crippen LogP contribution in [-0.2, 0) is 4.74 Å². The Morgan fingerprint density at radius 1 is 1.16 bits per heavy atom. The van der Waals surface area contributed by atoms with Crippen LogP contribution in [0, 0.1) is 45.8 Å². The molecular weight excluding hydrogens is 312 g/mol. The highest BCUT2D eigenvalue weighted by Gasteiger charge is 2.88. The van der Waals surface area contributed by atoms with Crippen molar-refractivity contribution >= 4 is 0 Å². The molecule has 5 saturated carbocycles. The maximum absolute atomic E-state index is 12.1. The van der Waals surface area contributed by atoms with Gasteiger partial charge in [-0.2, -0.15) is 0 Å². The highest BCUT2D eigenvalue weighted by atomic mass is 16.5. The van der Waals surface area contributed by atoms with Crippen molar-refractivity contribution in [3.63, 3.8) is 0 Å². The molecule has 0 aromatic heterocycles. The van der Waals surface area contributed by atoms with Crippen LogP contribution in [0.3, 0.4) is 0 Å². The second kappa shape index (κ2) is 4.14. The number of aliphatic hydroxyl groups excluding tert-OH is 1. The fourth-order valence-corrected chi connectivity index (χ4v) is 10.3. The molecule has 0 aliphatic heterocycles. The average molecular weight is 344 g/mol. The smallest absolute Gasteiger partial charge is 0.110 e. The molecule has 0 saturated heterocycles. The largest absolute Gasteiger partial charge is 0.512 e. The first kappa shape index (κ1) is 15.5. The van der Waals surface area contributed by atoms with Crippen molar-refractivity contribution < 1.29 is 14.9 Å². The Bertz CT molecular complexity index is 687. The SMILES string of the molecule is CO[C@@H]1C=C(O)[C@@H]2[C@@H]3[C@@H]4C[C@](C)([C@]21O)[C@@]3(C)[C@@]12CCC[C@@H]1CC[C@@H]4C2. The van der Waals surface area contributed by atoms with Gasteiger partial charge in [-0.15, -0.1) is 0 Å². The van der Waals surface area contributed by atoms with Crippen molar-refractivity contribution in [2.75, 3.05) is 7.11 Å². The summed E-state index contributed by atoms with van der Waals surface area (Å²) in [6, 6.07) is 0. The molecule has 0 aromatic carbocycles. The maximum atomic E-state index is 12.1. The monoisotopic (exact) mass is 344 g/mol. The molecule has 138 valence electrons. The van der Waals surface area contributed by atoms with Crippen LogP contribution in [0.1, 0.15) is 58.8 Å². The molecule has 3 heteroatoms. The third-order valence-electron chi connectivity index (χ3n) is 11.1. The minimum absolute atomic E-state index is 0.106. The van der Waals surface area contributed by atoms with Gasteiger partial charge in [0.25, 0.3) is 0 Å². The molecule has 10 atom stereocenters. The zero-order valence-electron chi connectivity index (χ0n) is 15.8. The molecule has 0 aromatic rings. The Hall–Kier alpha value is -0.540. The lowest BCUT2D eigenvalue weighted by molar-refractivity contribution is -0.187. The van der Waals surface area contributed by atoms with Crippen LogP contribution in [0.5, 0.6) is 0 Å².